The van der Waals surface area contributed by atoms with Gasteiger partial charge in [-0.3, -0.25) is 0 Å². The number of nitrogens with two attached hydrogens (primary N) is 1. The number of fused-ring (bicyclic) bond motifs is 1. The van der Waals surface area contributed by atoms with Gasteiger partial charge in [0.2, 0.25) is 5.95 Å². The number of hydrogen-bond donors (Lipinski definition) is 1. The van der Waals surface area contributed by atoms with E-state index < -0.39 is 0 Å². The van der Waals surface area contributed by atoms with Crippen LogP contribution in [0.25, 0.3) is 11.0 Å². The third-order valence-corrected chi connectivity index (χ3v) is 4.33. The van der Waals surface area contributed by atoms with Gasteiger partial charge >= 0.3 is 0 Å². The molecular weight excluding hydrogens is 262 g/mol. The average Bonchev–Trinajstić information content (AvgIpc) is 2.84. The molecule has 0 aliphatic carbocycles. The van der Waals surface area contributed by atoms with E-state index >= 15 is 0 Å². The van der Waals surface area contributed by atoms with Gasteiger partial charge in [0, 0.05) is 19.1 Å². The van der Waals surface area contributed by atoms with Crippen LogP contribution in [0, 0.1) is 11.3 Å². The van der Waals surface area contributed by atoms with Crippen molar-refractivity contribution >= 4 is 17.0 Å². The molecule has 0 radical (unpaired) electrons. The molecule has 3 rings (SSSR count). The Morgan fingerprint density at radius 2 is 2.14 bits per heavy atom. The van der Waals surface area contributed by atoms with Crippen molar-refractivity contribution in [1.29, 1.82) is 5.26 Å². The van der Waals surface area contributed by atoms with E-state index in [4.69, 9.17) is 5.73 Å². The first kappa shape index (κ1) is 13.9. The molecule has 0 unspecified atom stereocenters. The number of nitriles is 1. The minimum atomic E-state index is 0.386. The lowest BCUT2D eigenvalue weighted by Gasteiger charge is -2.33. The smallest absolute Gasteiger partial charge is 0.201 e. The minimum absolute atomic E-state index is 0.386. The molecule has 1 saturated heterocycles. The third kappa shape index (κ3) is 2.47. The Hall–Kier alpha value is -2.06. The largest absolute Gasteiger partial charge is 0.369 e. The molecule has 2 heterocycles. The first-order valence-corrected chi connectivity index (χ1v) is 7.63. The molecule has 0 atom stereocenters. The van der Waals surface area contributed by atoms with Crippen LogP contribution in [0.2, 0.25) is 0 Å². The minimum Gasteiger partial charge on any atom is -0.369 e. The fraction of sp³-hybridized carbons (Fsp3) is 0.500. The van der Waals surface area contributed by atoms with Gasteiger partial charge in [0.1, 0.15) is 11.6 Å². The van der Waals surface area contributed by atoms with Crippen LogP contribution in [0.1, 0.15) is 37.8 Å². The van der Waals surface area contributed by atoms with Gasteiger partial charge < -0.3 is 15.2 Å². The zero-order valence-corrected chi connectivity index (χ0v) is 12.4. The van der Waals surface area contributed by atoms with E-state index in [1.165, 1.54) is 13.0 Å². The Labute approximate surface area is 125 Å². The van der Waals surface area contributed by atoms with Crippen LogP contribution in [-0.4, -0.2) is 34.1 Å². The summed E-state index contributed by atoms with van der Waals surface area (Å²) >= 11 is 0. The van der Waals surface area contributed by atoms with Crippen molar-refractivity contribution in [3.8, 4) is 6.07 Å². The normalized spacial score (nSPS) is 17.1. The second-order valence-electron chi connectivity index (χ2n) is 5.70. The summed E-state index contributed by atoms with van der Waals surface area (Å²) < 4.78 is 2.12. The molecule has 2 N–H and O–H groups in total. The van der Waals surface area contributed by atoms with Crippen LogP contribution in [0.5, 0.6) is 0 Å². The fourth-order valence-corrected chi connectivity index (χ4v) is 3.33. The molecule has 5 nitrogen and oxygen atoms in total. The van der Waals surface area contributed by atoms with E-state index in [1.54, 1.807) is 6.07 Å². The van der Waals surface area contributed by atoms with E-state index in [0.717, 1.165) is 37.0 Å². The van der Waals surface area contributed by atoms with E-state index in [2.05, 4.69) is 27.4 Å². The molecule has 0 spiro atoms. The van der Waals surface area contributed by atoms with Crippen LogP contribution >= 0.6 is 0 Å². The van der Waals surface area contributed by atoms with E-state index in [9.17, 15) is 5.26 Å². The molecule has 0 saturated carbocycles. The molecule has 1 aromatic carbocycles. The number of piperidine rings is 1. The molecule has 0 amide bonds. The number of aromatic nitrogens is 2. The van der Waals surface area contributed by atoms with Gasteiger partial charge in [-0.2, -0.15) is 5.26 Å². The van der Waals surface area contributed by atoms with Crippen molar-refractivity contribution in [2.75, 3.05) is 25.4 Å². The molecule has 2 aromatic rings. The molecule has 1 aliphatic rings. The quantitative estimate of drug-likeness (QED) is 0.939. The second kappa shape index (κ2) is 5.74. The van der Waals surface area contributed by atoms with E-state index in [-0.39, 0.29) is 0 Å². The number of para-hydroxylation sites is 1. The van der Waals surface area contributed by atoms with Gasteiger partial charge in [-0.15, -0.1) is 0 Å². The number of nitrogens with zero attached hydrogens (tertiary/aromatic N) is 4. The van der Waals surface area contributed by atoms with Crippen molar-refractivity contribution in [1.82, 2.24) is 14.5 Å². The van der Waals surface area contributed by atoms with Gasteiger partial charge in [0.05, 0.1) is 11.1 Å². The maximum atomic E-state index is 9.19. The summed E-state index contributed by atoms with van der Waals surface area (Å²) in [5, 5.41) is 9.19. The van der Waals surface area contributed by atoms with Crippen LogP contribution in [0.3, 0.4) is 0 Å². The topological polar surface area (TPSA) is 70.9 Å². The summed E-state index contributed by atoms with van der Waals surface area (Å²) in [6.45, 7) is 5.60. The maximum Gasteiger partial charge on any atom is 0.201 e. The Balaban J connectivity index is 1.92. The second-order valence-corrected chi connectivity index (χ2v) is 5.70. The Kier molecular flexibility index (Phi) is 3.80. The Bertz CT molecular complexity index is 674. The maximum absolute atomic E-state index is 9.19. The Morgan fingerprint density at radius 1 is 1.38 bits per heavy atom. The first-order valence-electron chi connectivity index (χ1n) is 7.63. The molecular formula is C16H21N5. The average molecular weight is 283 g/mol. The van der Waals surface area contributed by atoms with Gasteiger partial charge in [-0.05, 0) is 37.9 Å². The highest BCUT2D eigenvalue weighted by Crippen LogP contribution is 2.30. The number of nitrogen functional groups attached to an aromatic ring is 1. The lowest BCUT2D eigenvalue weighted by Crippen LogP contribution is -2.35. The van der Waals surface area contributed by atoms with Crippen LogP contribution in [0.15, 0.2) is 18.2 Å². The highest BCUT2D eigenvalue weighted by atomic mass is 15.2. The summed E-state index contributed by atoms with van der Waals surface area (Å²) in [5.41, 5.74) is 8.45. The number of anilines is 1. The van der Waals surface area contributed by atoms with E-state index in [1.807, 2.05) is 12.1 Å². The van der Waals surface area contributed by atoms with Crippen LogP contribution < -0.4 is 5.73 Å². The zero-order valence-electron chi connectivity index (χ0n) is 12.4. The predicted octanol–water partition coefficient (Wildman–Crippen LogP) is 2.54. The monoisotopic (exact) mass is 283 g/mol. The molecule has 1 aliphatic heterocycles. The van der Waals surface area contributed by atoms with Gasteiger partial charge in [-0.1, -0.05) is 13.0 Å². The number of likely N-dealkylation sites (tertiary alicyclic amines) is 1. The molecule has 110 valence electrons. The third-order valence-electron chi connectivity index (χ3n) is 4.33. The number of imidazole rings is 1. The SMILES string of the molecule is CCCN1CCC(n2c(N)nc3c(C#N)cccc32)CC1. The number of rotatable bonds is 3. The van der Waals surface area contributed by atoms with Crippen molar-refractivity contribution in [2.24, 2.45) is 0 Å². The molecule has 5 heteroatoms. The van der Waals surface area contributed by atoms with Crippen molar-refractivity contribution in [3.63, 3.8) is 0 Å². The van der Waals surface area contributed by atoms with Crippen LogP contribution in [-0.2, 0) is 0 Å². The van der Waals surface area contributed by atoms with E-state index in [0.29, 0.717) is 17.6 Å². The molecule has 1 aromatic heterocycles. The lowest BCUT2D eigenvalue weighted by atomic mass is 10.0. The zero-order chi connectivity index (χ0) is 14.8. The fourth-order valence-electron chi connectivity index (χ4n) is 3.33. The number of hydrogen-bond acceptors (Lipinski definition) is 4. The molecule has 21 heavy (non-hydrogen) atoms. The van der Waals surface area contributed by atoms with Crippen molar-refractivity contribution < 1.29 is 0 Å². The highest BCUT2D eigenvalue weighted by Gasteiger charge is 2.24. The number of benzene rings is 1. The van der Waals surface area contributed by atoms with Gasteiger partial charge in [0.25, 0.3) is 0 Å². The highest BCUT2D eigenvalue weighted by molar-refractivity contribution is 5.84. The lowest BCUT2D eigenvalue weighted by molar-refractivity contribution is 0.189. The predicted molar refractivity (Wildman–Crippen MR) is 83.9 cm³/mol. The summed E-state index contributed by atoms with van der Waals surface area (Å²) in [7, 11) is 0. The Morgan fingerprint density at radius 3 is 2.81 bits per heavy atom. The van der Waals surface area contributed by atoms with Gasteiger partial charge in [-0.25, -0.2) is 4.98 Å². The molecule has 1 fully saturated rings. The van der Waals surface area contributed by atoms with Crippen molar-refractivity contribution in [2.45, 2.75) is 32.2 Å². The first-order chi connectivity index (χ1) is 10.2. The summed E-state index contributed by atoms with van der Waals surface area (Å²) in [6, 6.07) is 8.30. The van der Waals surface area contributed by atoms with Crippen LogP contribution in [0.4, 0.5) is 5.95 Å². The van der Waals surface area contributed by atoms with Gasteiger partial charge in [0.15, 0.2) is 0 Å². The summed E-state index contributed by atoms with van der Waals surface area (Å²) in [4.78, 5) is 6.93. The summed E-state index contributed by atoms with van der Waals surface area (Å²) in [6.07, 6.45) is 3.38. The molecule has 0 bridgehead atoms. The summed E-state index contributed by atoms with van der Waals surface area (Å²) in [5.74, 6) is 0.529. The standard InChI is InChI=1S/C16H21N5/c1-2-8-20-9-6-13(7-10-20)21-14-5-3-4-12(11-17)15(14)19-16(21)18/h3-5,13H,2,6-10H2,1H3,(H2,18,19). The van der Waals surface area contributed by atoms with Crippen molar-refractivity contribution in [3.05, 3.63) is 23.8 Å².